The van der Waals surface area contributed by atoms with E-state index in [0.29, 0.717) is 6.42 Å². The lowest BCUT2D eigenvalue weighted by atomic mass is 10.0. The molecule has 97 valence electrons. The van der Waals surface area contributed by atoms with Crippen LogP contribution in [0.5, 0.6) is 0 Å². The Kier molecular flexibility index (Phi) is 2.97. The molecule has 3 heterocycles. The summed E-state index contributed by atoms with van der Waals surface area (Å²) in [4.78, 5) is 13.5. The third kappa shape index (κ3) is 2.09. The molecule has 19 heavy (non-hydrogen) atoms. The van der Waals surface area contributed by atoms with Gasteiger partial charge in [0.15, 0.2) is 0 Å². The summed E-state index contributed by atoms with van der Waals surface area (Å²) in [5.74, 6) is -0.144. The number of hydrogen-bond donors (Lipinski definition) is 0. The molecule has 2 aliphatic heterocycles. The van der Waals surface area contributed by atoms with Gasteiger partial charge in [0, 0.05) is 24.4 Å². The highest BCUT2D eigenvalue weighted by molar-refractivity contribution is 6.33. The van der Waals surface area contributed by atoms with Gasteiger partial charge in [0.25, 0.3) is 0 Å². The summed E-state index contributed by atoms with van der Waals surface area (Å²) in [5.41, 5.74) is 5.04. The van der Waals surface area contributed by atoms with Crippen LogP contribution in [0, 0.1) is 0 Å². The summed E-state index contributed by atoms with van der Waals surface area (Å²) in [6, 6.07) is 4.14. The average molecular weight is 255 g/mol. The number of hydrogen-bond acceptors (Lipinski definition) is 3. The molecule has 0 unspecified atom stereocenters. The van der Waals surface area contributed by atoms with Gasteiger partial charge in [-0.3, -0.25) is 4.79 Å². The van der Waals surface area contributed by atoms with Gasteiger partial charge in [0.1, 0.15) is 0 Å². The minimum absolute atomic E-state index is 0.144. The van der Waals surface area contributed by atoms with Crippen LogP contribution in [0.25, 0.3) is 6.08 Å². The second kappa shape index (κ2) is 4.65. The third-order valence-corrected chi connectivity index (χ3v) is 3.80. The number of nitrogens with zero attached hydrogens (tertiary/aromatic N) is 2. The van der Waals surface area contributed by atoms with E-state index in [-0.39, 0.29) is 5.97 Å². The van der Waals surface area contributed by atoms with Gasteiger partial charge in [-0.2, -0.15) is 0 Å². The van der Waals surface area contributed by atoms with Crippen LogP contribution in [0.1, 0.15) is 25.5 Å². The van der Waals surface area contributed by atoms with Crippen molar-refractivity contribution in [3.05, 3.63) is 40.9 Å². The predicted octanol–water partition coefficient (Wildman–Crippen LogP) is 1.81. The lowest BCUT2D eigenvalue weighted by Crippen LogP contribution is -2.33. The molecule has 1 radical (unpaired) electrons. The van der Waals surface area contributed by atoms with Crippen molar-refractivity contribution in [1.29, 1.82) is 0 Å². The molecule has 2 aliphatic rings. The lowest BCUT2D eigenvalue weighted by Gasteiger charge is -2.25. The molecule has 1 aromatic rings. The van der Waals surface area contributed by atoms with Gasteiger partial charge in [-0.05, 0) is 48.9 Å². The Balaban J connectivity index is 1.80. The molecule has 0 amide bonds. The molecule has 0 bridgehead atoms. The van der Waals surface area contributed by atoms with Crippen molar-refractivity contribution in [2.45, 2.75) is 19.8 Å². The number of carbonyl (C=O) groups is 1. The molecule has 0 aromatic carbocycles. The highest BCUT2D eigenvalue weighted by atomic mass is 16.5. The van der Waals surface area contributed by atoms with E-state index in [1.165, 1.54) is 29.6 Å². The Bertz CT molecular complexity index is 586. The molecule has 0 aliphatic carbocycles. The first-order valence-corrected chi connectivity index (χ1v) is 6.45. The number of ether oxygens (including phenoxy) is 1. The van der Waals surface area contributed by atoms with E-state index in [4.69, 9.17) is 4.74 Å². The van der Waals surface area contributed by atoms with Crippen LogP contribution < -0.4 is 0 Å². The highest BCUT2D eigenvalue weighted by Gasteiger charge is 2.28. The zero-order valence-electron chi connectivity index (χ0n) is 11.2. The van der Waals surface area contributed by atoms with Crippen molar-refractivity contribution >= 4 is 19.6 Å². The number of carbonyl (C=O) groups excluding carboxylic acids is 1. The van der Waals surface area contributed by atoms with Gasteiger partial charge in [-0.15, -0.1) is 0 Å². The van der Waals surface area contributed by atoms with Crippen molar-refractivity contribution in [3.63, 3.8) is 0 Å². The largest absolute Gasteiger partial charge is 0.469 e. The first kappa shape index (κ1) is 12.1. The van der Waals surface area contributed by atoms with Crippen LogP contribution in [-0.2, 0) is 9.53 Å². The maximum atomic E-state index is 11.2. The molecule has 0 saturated carbocycles. The maximum absolute atomic E-state index is 11.2. The number of rotatable bonds is 3. The molecule has 0 spiro atoms. The third-order valence-electron chi connectivity index (χ3n) is 3.80. The van der Waals surface area contributed by atoms with Gasteiger partial charge >= 0.3 is 13.5 Å². The molecular weight excluding hydrogens is 239 g/mol. The first-order chi connectivity index (χ1) is 9.19. The van der Waals surface area contributed by atoms with Crippen LogP contribution in [0.4, 0.5) is 0 Å². The topological polar surface area (TPSA) is 34.5 Å². The summed E-state index contributed by atoms with van der Waals surface area (Å²) in [7, 11) is 3.55. The van der Waals surface area contributed by atoms with Crippen molar-refractivity contribution < 1.29 is 9.53 Å². The number of fused-ring (bicyclic) bond motifs is 2. The molecule has 4 nitrogen and oxygen atoms in total. The first-order valence-electron chi connectivity index (χ1n) is 6.45. The van der Waals surface area contributed by atoms with Gasteiger partial charge in [-0.1, -0.05) is 0 Å². The van der Waals surface area contributed by atoms with E-state index >= 15 is 0 Å². The Labute approximate surface area is 113 Å². The smallest absolute Gasteiger partial charge is 0.396 e. The molecule has 5 heteroatoms. The fraction of sp³-hybridized carbons (Fsp3) is 0.357. The van der Waals surface area contributed by atoms with E-state index in [1.54, 1.807) is 0 Å². The fourth-order valence-corrected chi connectivity index (χ4v) is 2.65. The average Bonchev–Trinajstić information content (AvgIpc) is 2.98. The van der Waals surface area contributed by atoms with E-state index in [1.807, 2.05) is 12.3 Å². The van der Waals surface area contributed by atoms with Crippen LogP contribution >= 0.6 is 0 Å². The summed E-state index contributed by atoms with van der Waals surface area (Å²) < 4.78 is 6.81. The minimum Gasteiger partial charge on any atom is -0.469 e. The van der Waals surface area contributed by atoms with Crippen LogP contribution in [0.3, 0.4) is 0 Å². The normalized spacial score (nSPS) is 16.7. The second-order valence-corrected chi connectivity index (χ2v) is 4.92. The molecule has 3 rings (SSSR count). The molecule has 0 atom stereocenters. The zero-order chi connectivity index (χ0) is 13.4. The maximum Gasteiger partial charge on any atom is 0.396 e. The molecule has 0 fully saturated rings. The fourth-order valence-electron chi connectivity index (χ4n) is 2.65. The van der Waals surface area contributed by atoms with Crippen molar-refractivity contribution in [2.75, 3.05) is 13.7 Å². The summed E-state index contributed by atoms with van der Waals surface area (Å²) in [6.45, 7) is 3.00. The summed E-state index contributed by atoms with van der Waals surface area (Å²) >= 11 is 0. The second-order valence-electron chi connectivity index (χ2n) is 4.92. The number of aromatic nitrogens is 1. The quantitative estimate of drug-likeness (QED) is 0.610. The Morgan fingerprint density at radius 3 is 3.16 bits per heavy atom. The standard InChI is InChI=1S/C14H16BN2O2/c1-10-11(5-6-14(18)19-2)9-17-13(10)8-12-4-3-7-16(12)15-17/h3-4,7-8H,5-6,9H2,1-2H3. The van der Waals surface area contributed by atoms with E-state index in [0.717, 1.165) is 13.0 Å². The Morgan fingerprint density at radius 1 is 1.53 bits per heavy atom. The Hall–Kier alpha value is -1.91. The molecular formula is C14H16BN2O2. The SMILES string of the molecule is COC(=O)CCC1=C(C)C2=Cc3cccn3[B]N2C1. The predicted molar refractivity (Wildman–Crippen MR) is 74.2 cm³/mol. The van der Waals surface area contributed by atoms with Crippen molar-refractivity contribution in [1.82, 2.24) is 9.29 Å². The molecule has 1 aromatic heterocycles. The van der Waals surface area contributed by atoms with Crippen LogP contribution in [-0.4, -0.2) is 36.5 Å². The number of esters is 1. The van der Waals surface area contributed by atoms with Gasteiger partial charge in [0.05, 0.1) is 7.11 Å². The highest BCUT2D eigenvalue weighted by Crippen LogP contribution is 2.33. The van der Waals surface area contributed by atoms with E-state index in [2.05, 4.69) is 35.9 Å². The number of methoxy groups -OCH3 is 1. The summed E-state index contributed by atoms with van der Waals surface area (Å²) in [5, 5.41) is 0. The number of allylic oxidation sites excluding steroid dienone is 1. The van der Waals surface area contributed by atoms with Crippen LogP contribution in [0.2, 0.25) is 0 Å². The van der Waals surface area contributed by atoms with Crippen molar-refractivity contribution in [2.24, 2.45) is 0 Å². The minimum atomic E-state index is -0.144. The van der Waals surface area contributed by atoms with Crippen LogP contribution in [0.15, 0.2) is 35.2 Å². The monoisotopic (exact) mass is 255 g/mol. The Morgan fingerprint density at radius 2 is 2.37 bits per heavy atom. The van der Waals surface area contributed by atoms with Crippen molar-refractivity contribution in [3.8, 4) is 0 Å². The van der Waals surface area contributed by atoms with Gasteiger partial charge in [0.2, 0.25) is 0 Å². The summed E-state index contributed by atoms with van der Waals surface area (Å²) in [6.07, 6.45) is 5.47. The van der Waals surface area contributed by atoms with Gasteiger partial charge < -0.3 is 14.0 Å². The van der Waals surface area contributed by atoms with E-state index in [9.17, 15) is 4.79 Å². The molecule has 0 N–H and O–H groups in total. The zero-order valence-corrected chi connectivity index (χ0v) is 11.2. The lowest BCUT2D eigenvalue weighted by molar-refractivity contribution is -0.140. The van der Waals surface area contributed by atoms with Gasteiger partial charge in [-0.25, -0.2) is 0 Å². The van der Waals surface area contributed by atoms with E-state index < -0.39 is 0 Å². The molecule has 0 saturated heterocycles.